The summed E-state index contributed by atoms with van der Waals surface area (Å²) in [6, 6.07) is 11.8. The molecule has 0 bridgehead atoms. The average Bonchev–Trinajstić information content (AvgIpc) is 2.85. The van der Waals surface area contributed by atoms with Gasteiger partial charge >= 0.3 is 6.03 Å². The van der Waals surface area contributed by atoms with Crippen LogP contribution in [0, 0.1) is 11.3 Å². The molecule has 6 nitrogen and oxygen atoms in total. The van der Waals surface area contributed by atoms with Gasteiger partial charge in [-0.25, -0.2) is 4.79 Å². The fourth-order valence-corrected chi connectivity index (χ4v) is 1.54. The van der Waals surface area contributed by atoms with Gasteiger partial charge in [-0.15, -0.1) is 0 Å². The molecule has 0 aliphatic carbocycles. The molecule has 0 aliphatic rings. The zero-order chi connectivity index (χ0) is 13.7. The van der Waals surface area contributed by atoms with E-state index < -0.39 is 6.03 Å². The van der Waals surface area contributed by atoms with Gasteiger partial charge < -0.3 is 20.8 Å². The molecule has 2 rings (SSSR count). The summed E-state index contributed by atoms with van der Waals surface area (Å²) in [5.41, 5.74) is 6.50. The summed E-state index contributed by atoms with van der Waals surface area (Å²) in [4.78, 5) is 10.7. The number of hydrogen-bond donors (Lipinski definition) is 3. The normalized spacial score (nSPS) is 9.63. The predicted molar refractivity (Wildman–Crippen MR) is 70.4 cm³/mol. The van der Waals surface area contributed by atoms with E-state index in [1.807, 2.05) is 6.07 Å². The average molecular weight is 256 g/mol. The molecule has 19 heavy (non-hydrogen) atoms. The van der Waals surface area contributed by atoms with Crippen molar-refractivity contribution in [1.82, 2.24) is 0 Å². The Morgan fingerprint density at radius 2 is 1.89 bits per heavy atom. The first-order valence-electron chi connectivity index (χ1n) is 5.56. The van der Waals surface area contributed by atoms with Gasteiger partial charge in [-0.1, -0.05) is 0 Å². The SMILES string of the molecule is N#Cc1ccc(CNc2ccc(NC(N)=O)cc2)o1. The third-order valence-corrected chi connectivity index (χ3v) is 2.39. The van der Waals surface area contributed by atoms with Gasteiger partial charge in [-0.2, -0.15) is 5.26 Å². The molecule has 0 unspecified atom stereocenters. The van der Waals surface area contributed by atoms with E-state index in [2.05, 4.69) is 10.6 Å². The van der Waals surface area contributed by atoms with E-state index in [4.69, 9.17) is 15.4 Å². The fourth-order valence-electron chi connectivity index (χ4n) is 1.54. The van der Waals surface area contributed by atoms with Crippen molar-refractivity contribution in [2.24, 2.45) is 5.73 Å². The summed E-state index contributed by atoms with van der Waals surface area (Å²) in [5.74, 6) is 0.966. The van der Waals surface area contributed by atoms with Crippen LogP contribution in [0.15, 0.2) is 40.8 Å². The van der Waals surface area contributed by atoms with Crippen molar-refractivity contribution in [2.45, 2.75) is 6.54 Å². The number of nitrogens with two attached hydrogens (primary N) is 1. The molecule has 0 saturated carbocycles. The Labute approximate surface area is 109 Å². The van der Waals surface area contributed by atoms with Crippen LogP contribution in [0.2, 0.25) is 0 Å². The van der Waals surface area contributed by atoms with E-state index in [9.17, 15) is 4.79 Å². The van der Waals surface area contributed by atoms with E-state index in [0.717, 1.165) is 5.69 Å². The van der Waals surface area contributed by atoms with Crippen molar-refractivity contribution in [2.75, 3.05) is 10.6 Å². The van der Waals surface area contributed by atoms with Crippen LogP contribution in [0.25, 0.3) is 0 Å². The number of carbonyl (C=O) groups excluding carboxylic acids is 1. The molecule has 0 fully saturated rings. The Balaban J connectivity index is 1.93. The molecule has 6 heteroatoms. The number of amides is 2. The molecule has 2 aromatic rings. The Kier molecular flexibility index (Phi) is 3.69. The van der Waals surface area contributed by atoms with Crippen LogP contribution in [-0.2, 0) is 6.54 Å². The van der Waals surface area contributed by atoms with Crippen LogP contribution in [0.5, 0.6) is 0 Å². The molecule has 4 N–H and O–H groups in total. The smallest absolute Gasteiger partial charge is 0.316 e. The quantitative estimate of drug-likeness (QED) is 0.780. The number of carbonyl (C=O) groups is 1. The lowest BCUT2D eigenvalue weighted by molar-refractivity contribution is 0.259. The Hall–Kier alpha value is -2.94. The zero-order valence-electron chi connectivity index (χ0n) is 10.0. The van der Waals surface area contributed by atoms with Gasteiger partial charge in [0.2, 0.25) is 5.76 Å². The Morgan fingerprint density at radius 1 is 1.21 bits per heavy atom. The van der Waals surface area contributed by atoms with Crippen molar-refractivity contribution in [3.63, 3.8) is 0 Å². The van der Waals surface area contributed by atoms with Crippen LogP contribution < -0.4 is 16.4 Å². The fraction of sp³-hybridized carbons (Fsp3) is 0.0769. The van der Waals surface area contributed by atoms with Crippen molar-refractivity contribution >= 4 is 17.4 Å². The number of furan rings is 1. The van der Waals surface area contributed by atoms with Crippen LogP contribution >= 0.6 is 0 Å². The Morgan fingerprint density at radius 3 is 2.47 bits per heavy atom. The molecule has 0 radical (unpaired) electrons. The highest BCUT2D eigenvalue weighted by Crippen LogP contribution is 2.15. The number of nitriles is 1. The molecule has 96 valence electrons. The maximum absolute atomic E-state index is 10.7. The molecule has 1 heterocycles. The van der Waals surface area contributed by atoms with Crippen LogP contribution in [0.1, 0.15) is 11.5 Å². The topological polar surface area (TPSA) is 104 Å². The molecule has 1 aromatic heterocycles. The second kappa shape index (κ2) is 5.60. The predicted octanol–water partition coefficient (Wildman–Crippen LogP) is 2.25. The summed E-state index contributed by atoms with van der Waals surface area (Å²) in [7, 11) is 0. The molecule has 0 spiro atoms. The number of urea groups is 1. The van der Waals surface area contributed by atoms with E-state index >= 15 is 0 Å². The van der Waals surface area contributed by atoms with Crippen molar-refractivity contribution in [3.05, 3.63) is 47.9 Å². The van der Waals surface area contributed by atoms with Crippen molar-refractivity contribution < 1.29 is 9.21 Å². The second-order valence-electron chi connectivity index (χ2n) is 3.80. The number of anilines is 2. The molecule has 1 aromatic carbocycles. The zero-order valence-corrected chi connectivity index (χ0v) is 10.0. The molecule has 0 aliphatic heterocycles. The van der Waals surface area contributed by atoms with Crippen molar-refractivity contribution in [3.8, 4) is 6.07 Å². The molecular formula is C13H12N4O2. The summed E-state index contributed by atoms with van der Waals surface area (Å²) in [6.45, 7) is 0.476. The Bertz CT molecular complexity index is 610. The molecule has 2 amide bonds. The largest absolute Gasteiger partial charge is 0.449 e. The highest BCUT2D eigenvalue weighted by Gasteiger charge is 2.01. The highest BCUT2D eigenvalue weighted by atomic mass is 16.3. The number of primary amides is 1. The minimum atomic E-state index is -0.597. The van der Waals surface area contributed by atoms with Crippen LogP contribution in [-0.4, -0.2) is 6.03 Å². The number of benzene rings is 1. The standard InChI is InChI=1S/C13H12N4O2/c14-7-11-5-6-12(19-11)8-16-9-1-3-10(4-2-9)17-13(15)18/h1-6,16H,8H2,(H3,15,17,18). The van der Waals surface area contributed by atoms with Gasteiger partial charge in [0.05, 0.1) is 6.54 Å². The monoisotopic (exact) mass is 256 g/mol. The van der Waals surface area contributed by atoms with Gasteiger partial charge in [0, 0.05) is 11.4 Å². The first-order valence-corrected chi connectivity index (χ1v) is 5.56. The summed E-state index contributed by atoms with van der Waals surface area (Å²) in [6.07, 6.45) is 0. The highest BCUT2D eigenvalue weighted by molar-refractivity contribution is 5.87. The van der Waals surface area contributed by atoms with Gasteiger partial charge in [-0.05, 0) is 36.4 Å². The maximum Gasteiger partial charge on any atom is 0.316 e. The first-order chi connectivity index (χ1) is 9.17. The minimum Gasteiger partial charge on any atom is -0.449 e. The van der Waals surface area contributed by atoms with E-state index in [1.54, 1.807) is 36.4 Å². The second-order valence-corrected chi connectivity index (χ2v) is 3.80. The molecule has 0 atom stereocenters. The minimum absolute atomic E-state index is 0.290. The van der Waals surface area contributed by atoms with E-state index in [-0.39, 0.29) is 5.76 Å². The molecule has 0 saturated heterocycles. The lowest BCUT2D eigenvalue weighted by Gasteiger charge is -2.06. The van der Waals surface area contributed by atoms with Gasteiger partial charge in [0.1, 0.15) is 11.8 Å². The number of nitrogens with one attached hydrogen (secondary N) is 2. The third-order valence-electron chi connectivity index (χ3n) is 2.39. The lowest BCUT2D eigenvalue weighted by Crippen LogP contribution is -2.19. The van der Waals surface area contributed by atoms with Crippen LogP contribution in [0.4, 0.5) is 16.2 Å². The van der Waals surface area contributed by atoms with E-state index in [1.165, 1.54) is 0 Å². The first kappa shape index (κ1) is 12.5. The summed E-state index contributed by atoms with van der Waals surface area (Å²) >= 11 is 0. The van der Waals surface area contributed by atoms with E-state index in [0.29, 0.717) is 18.0 Å². The lowest BCUT2D eigenvalue weighted by atomic mass is 10.2. The summed E-state index contributed by atoms with van der Waals surface area (Å²) in [5, 5.41) is 14.2. The molecular weight excluding hydrogens is 244 g/mol. The summed E-state index contributed by atoms with van der Waals surface area (Å²) < 4.78 is 5.23. The van der Waals surface area contributed by atoms with Gasteiger partial charge in [0.25, 0.3) is 0 Å². The number of rotatable bonds is 4. The van der Waals surface area contributed by atoms with Crippen molar-refractivity contribution in [1.29, 1.82) is 5.26 Å². The maximum atomic E-state index is 10.7. The van der Waals surface area contributed by atoms with Gasteiger partial charge in [0.15, 0.2) is 0 Å². The number of hydrogen-bond acceptors (Lipinski definition) is 4. The van der Waals surface area contributed by atoms with Gasteiger partial charge in [-0.3, -0.25) is 0 Å². The third kappa shape index (κ3) is 3.51. The number of nitrogens with zero attached hydrogens (tertiary/aromatic N) is 1. The van der Waals surface area contributed by atoms with Crippen LogP contribution in [0.3, 0.4) is 0 Å².